The van der Waals surface area contributed by atoms with Crippen LogP contribution in [0.3, 0.4) is 0 Å². The Morgan fingerprint density at radius 2 is 2.05 bits per heavy atom. The van der Waals surface area contributed by atoms with Crippen molar-refractivity contribution in [3.8, 4) is 6.07 Å². The van der Waals surface area contributed by atoms with Gasteiger partial charge in [-0.25, -0.2) is 0 Å². The van der Waals surface area contributed by atoms with Crippen LogP contribution in [0.2, 0.25) is 0 Å². The van der Waals surface area contributed by atoms with Crippen LogP contribution in [-0.2, 0) is 4.79 Å². The van der Waals surface area contributed by atoms with Crippen LogP contribution >= 0.6 is 11.8 Å². The topological polar surface area (TPSA) is 64.3 Å². The molecule has 104 valence electrons. The number of rotatable bonds is 2. The van der Waals surface area contributed by atoms with E-state index in [4.69, 9.17) is 0 Å². The summed E-state index contributed by atoms with van der Waals surface area (Å²) < 4.78 is -0.291. The summed E-state index contributed by atoms with van der Waals surface area (Å²) in [5, 5.41) is 19.6. The second kappa shape index (κ2) is 4.51. The largest absolute Gasteiger partial charge is 0.387 e. The lowest BCUT2D eigenvalue weighted by atomic mass is 9.85. The first-order valence-corrected chi connectivity index (χ1v) is 7.48. The summed E-state index contributed by atoms with van der Waals surface area (Å²) in [6.07, 6.45) is -0.800. The van der Waals surface area contributed by atoms with E-state index in [1.807, 2.05) is 44.2 Å². The number of carbonyl (C=O) groups is 1. The van der Waals surface area contributed by atoms with Gasteiger partial charge in [0.05, 0.1) is 23.5 Å². The predicted octanol–water partition coefficient (Wildman–Crippen LogP) is 1.92. The van der Waals surface area contributed by atoms with Crippen molar-refractivity contribution in [1.82, 2.24) is 4.90 Å². The fourth-order valence-corrected chi connectivity index (χ4v) is 4.66. The molecule has 5 heteroatoms. The van der Waals surface area contributed by atoms with Crippen molar-refractivity contribution >= 4 is 17.7 Å². The van der Waals surface area contributed by atoms with Gasteiger partial charge in [-0.05, 0) is 19.4 Å². The molecule has 20 heavy (non-hydrogen) atoms. The number of nitrogens with zero attached hydrogens (tertiary/aromatic N) is 2. The molecule has 1 unspecified atom stereocenters. The molecule has 0 aliphatic carbocycles. The smallest absolute Gasteiger partial charge is 0.233 e. The molecular formula is C15H16N2O2S. The molecule has 2 fully saturated rings. The van der Waals surface area contributed by atoms with Crippen molar-refractivity contribution < 1.29 is 9.90 Å². The molecule has 1 N–H and O–H groups in total. The van der Waals surface area contributed by atoms with Crippen molar-refractivity contribution in [2.24, 2.45) is 5.92 Å². The first-order chi connectivity index (χ1) is 9.47. The zero-order valence-corrected chi connectivity index (χ0v) is 12.2. The maximum absolute atomic E-state index is 12.3. The van der Waals surface area contributed by atoms with Crippen molar-refractivity contribution in [2.45, 2.75) is 36.1 Å². The Hall–Kier alpha value is -1.51. The first-order valence-electron chi connectivity index (χ1n) is 6.60. The second-order valence-electron chi connectivity index (χ2n) is 5.77. The number of hydrogen-bond donors (Lipinski definition) is 1. The number of aliphatic hydroxyl groups is 1. The van der Waals surface area contributed by atoms with E-state index in [0.717, 1.165) is 5.56 Å². The Morgan fingerprint density at radius 3 is 2.65 bits per heavy atom. The number of thioether (sulfide) groups is 1. The van der Waals surface area contributed by atoms with Gasteiger partial charge in [-0.15, -0.1) is 11.8 Å². The Labute approximate surface area is 122 Å². The zero-order valence-electron chi connectivity index (χ0n) is 11.4. The summed E-state index contributed by atoms with van der Waals surface area (Å²) in [6.45, 7) is 3.95. The number of fused-ring (bicyclic) bond motifs is 1. The van der Waals surface area contributed by atoms with Gasteiger partial charge in [0.25, 0.3) is 0 Å². The molecule has 0 bridgehead atoms. The van der Waals surface area contributed by atoms with E-state index in [9.17, 15) is 15.2 Å². The van der Waals surface area contributed by atoms with Crippen molar-refractivity contribution in [3.63, 3.8) is 0 Å². The molecule has 2 saturated heterocycles. The molecular weight excluding hydrogens is 272 g/mol. The summed E-state index contributed by atoms with van der Waals surface area (Å²) >= 11 is 1.61. The molecule has 4 nitrogen and oxygen atoms in total. The standard InChI is InChI=1S/C15H16N2O2S/c1-15(2)10(8-16)17-13(19)11(14(17)20-15)12(18)9-6-4-3-5-7-9/h3-7,10-12,14,18H,1-2H3/t10-,11+,12?,14+/m0/s1. The third-order valence-corrected chi connectivity index (χ3v) is 5.68. The maximum Gasteiger partial charge on any atom is 0.233 e. The van der Waals surface area contributed by atoms with E-state index in [2.05, 4.69) is 6.07 Å². The summed E-state index contributed by atoms with van der Waals surface area (Å²) in [5.41, 5.74) is 0.754. The Bertz CT molecular complexity index is 581. The van der Waals surface area contributed by atoms with Crippen LogP contribution in [-0.4, -0.2) is 32.1 Å². The van der Waals surface area contributed by atoms with E-state index in [0.29, 0.717) is 0 Å². The monoisotopic (exact) mass is 288 g/mol. The Balaban J connectivity index is 1.86. The van der Waals surface area contributed by atoms with Gasteiger partial charge in [0, 0.05) is 4.75 Å². The molecule has 3 rings (SSSR count). The van der Waals surface area contributed by atoms with Gasteiger partial charge in [-0.2, -0.15) is 5.26 Å². The summed E-state index contributed by atoms with van der Waals surface area (Å²) in [5.74, 6) is -0.559. The highest BCUT2D eigenvalue weighted by Gasteiger charge is 2.63. The van der Waals surface area contributed by atoms with Crippen LogP contribution < -0.4 is 0 Å². The van der Waals surface area contributed by atoms with Crippen molar-refractivity contribution in [1.29, 1.82) is 5.26 Å². The van der Waals surface area contributed by atoms with Gasteiger partial charge < -0.3 is 10.0 Å². The molecule has 2 aliphatic rings. The Morgan fingerprint density at radius 1 is 1.40 bits per heavy atom. The van der Waals surface area contributed by atoms with E-state index in [1.165, 1.54) is 0 Å². The number of aliphatic hydroxyl groups excluding tert-OH is 1. The minimum absolute atomic E-state index is 0.0997. The van der Waals surface area contributed by atoms with Crippen LogP contribution in [0.5, 0.6) is 0 Å². The normalized spacial score (nSPS) is 32.2. The van der Waals surface area contributed by atoms with Gasteiger partial charge in [0.2, 0.25) is 5.91 Å². The minimum atomic E-state index is -0.800. The van der Waals surface area contributed by atoms with Gasteiger partial charge in [-0.3, -0.25) is 4.79 Å². The maximum atomic E-state index is 12.3. The third-order valence-electron chi connectivity index (χ3n) is 4.09. The van der Waals surface area contributed by atoms with Crippen molar-refractivity contribution in [2.75, 3.05) is 0 Å². The molecule has 4 atom stereocenters. The molecule has 1 aromatic carbocycles. The number of amides is 1. The first kappa shape index (κ1) is 13.5. The molecule has 0 radical (unpaired) electrons. The summed E-state index contributed by atoms with van der Waals surface area (Å²) in [4.78, 5) is 13.9. The average Bonchev–Trinajstić information content (AvgIpc) is 2.67. The summed E-state index contributed by atoms with van der Waals surface area (Å²) in [6, 6.07) is 11.0. The van der Waals surface area contributed by atoms with Gasteiger partial charge in [0.1, 0.15) is 6.04 Å². The number of nitriles is 1. The Kier molecular flexibility index (Phi) is 3.03. The highest BCUT2D eigenvalue weighted by atomic mass is 32.2. The second-order valence-corrected chi connectivity index (χ2v) is 7.54. The average molecular weight is 288 g/mol. The molecule has 2 aliphatic heterocycles. The highest BCUT2D eigenvalue weighted by molar-refractivity contribution is 8.01. The fourth-order valence-electron chi connectivity index (χ4n) is 2.99. The number of benzene rings is 1. The lowest BCUT2D eigenvalue weighted by Crippen LogP contribution is -2.61. The summed E-state index contributed by atoms with van der Waals surface area (Å²) in [7, 11) is 0. The SMILES string of the molecule is CC1(C)S[C@@H]2[C@H](C(O)c3ccccc3)C(=O)N2[C@H]1C#N. The van der Waals surface area contributed by atoms with Gasteiger partial charge in [-0.1, -0.05) is 30.3 Å². The molecule has 1 aromatic rings. The molecule has 2 heterocycles. The van der Waals surface area contributed by atoms with Crippen LogP contribution in [0.1, 0.15) is 25.5 Å². The van der Waals surface area contributed by atoms with Gasteiger partial charge in [0.15, 0.2) is 0 Å². The van der Waals surface area contributed by atoms with E-state index < -0.39 is 18.1 Å². The third kappa shape index (κ3) is 1.75. The lowest BCUT2D eigenvalue weighted by Gasteiger charge is -2.45. The molecule has 1 amide bonds. The molecule has 0 saturated carbocycles. The highest BCUT2D eigenvalue weighted by Crippen LogP contribution is 2.55. The number of β-lactam (4-membered cyclic amide) rings is 1. The molecule has 0 spiro atoms. The lowest BCUT2D eigenvalue weighted by molar-refractivity contribution is -0.159. The van der Waals surface area contributed by atoms with Crippen LogP contribution in [0.15, 0.2) is 30.3 Å². The predicted molar refractivity (Wildman–Crippen MR) is 76.6 cm³/mol. The number of carbonyl (C=O) groups excluding carboxylic acids is 1. The van der Waals surface area contributed by atoms with E-state index >= 15 is 0 Å². The van der Waals surface area contributed by atoms with E-state index in [1.54, 1.807) is 16.7 Å². The van der Waals surface area contributed by atoms with E-state index in [-0.39, 0.29) is 16.0 Å². The quantitative estimate of drug-likeness (QED) is 0.845. The van der Waals surface area contributed by atoms with Crippen LogP contribution in [0.4, 0.5) is 0 Å². The van der Waals surface area contributed by atoms with Crippen LogP contribution in [0.25, 0.3) is 0 Å². The number of hydrogen-bond acceptors (Lipinski definition) is 4. The van der Waals surface area contributed by atoms with Crippen LogP contribution in [0, 0.1) is 17.2 Å². The fraction of sp³-hybridized carbons (Fsp3) is 0.467. The zero-order chi connectivity index (χ0) is 14.5. The minimum Gasteiger partial charge on any atom is -0.387 e. The molecule has 0 aromatic heterocycles. The van der Waals surface area contributed by atoms with Crippen molar-refractivity contribution in [3.05, 3.63) is 35.9 Å². The van der Waals surface area contributed by atoms with Gasteiger partial charge >= 0.3 is 0 Å².